The maximum Gasteiger partial charge on any atom is 0.410 e. The zero-order valence-electron chi connectivity index (χ0n) is 16.8. The zero-order chi connectivity index (χ0) is 20.3. The van der Waals surface area contributed by atoms with Crippen molar-refractivity contribution in [3.8, 4) is 0 Å². The van der Waals surface area contributed by atoms with Crippen LogP contribution >= 0.6 is 0 Å². The lowest BCUT2D eigenvalue weighted by Crippen LogP contribution is -2.43. The van der Waals surface area contributed by atoms with Crippen LogP contribution in [0.15, 0.2) is 30.3 Å². The lowest BCUT2D eigenvalue weighted by molar-refractivity contribution is 0.0163. The summed E-state index contributed by atoms with van der Waals surface area (Å²) in [6, 6.07) is 9.64. The van der Waals surface area contributed by atoms with E-state index < -0.39 is 17.8 Å². The van der Waals surface area contributed by atoms with E-state index >= 15 is 0 Å². The van der Waals surface area contributed by atoms with Gasteiger partial charge in [0.15, 0.2) is 0 Å². The number of amides is 2. The minimum atomic E-state index is -0.687. The summed E-state index contributed by atoms with van der Waals surface area (Å²) in [6.07, 6.45) is 0.413. The van der Waals surface area contributed by atoms with Gasteiger partial charge in [0.25, 0.3) is 0 Å². The molecule has 154 valence electrons. The first-order valence-electron chi connectivity index (χ1n) is 9.86. The maximum atomic E-state index is 12.5. The number of rotatable bonds is 5. The molecular formula is C21H30N2O5. The quantitative estimate of drug-likeness (QED) is 0.836. The number of hydrogen-bond acceptors (Lipinski definition) is 5. The summed E-state index contributed by atoms with van der Waals surface area (Å²) in [6.45, 7) is 6.67. The van der Waals surface area contributed by atoms with Crippen molar-refractivity contribution >= 4 is 12.2 Å². The standard InChI is InChI=1S/C21H30N2O5/c1-21(2,3)28-20(26)23(17-9-10-17)12-16-11-22(13-18(16)24)19(25)27-14-15-7-5-4-6-8-15/h4-8,16-18,24H,9-14H2,1-3H3/t16-,18-/m1/s1. The Morgan fingerprint density at radius 2 is 1.86 bits per heavy atom. The van der Waals surface area contributed by atoms with Crippen molar-refractivity contribution in [2.45, 2.75) is 58.0 Å². The van der Waals surface area contributed by atoms with Crippen LogP contribution in [0.3, 0.4) is 0 Å². The van der Waals surface area contributed by atoms with E-state index in [4.69, 9.17) is 9.47 Å². The van der Waals surface area contributed by atoms with E-state index in [1.54, 1.807) is 4.90 Å². The van der Waals surface area contributed by atoms with Gasteiger partial charge in [0.2, 0.25) is 0 Å². The Kier molecular flexibility index (Phi) is 6.13. The topological polar surface area (TPSA) is 79.3 Å². The molecule has 3 rings (SSSR count). The van der Waals surface area contributed by atoms with Gasteiger partial charge in [-0.05, 0) is 39.2 Å². The molecule has 1 saturated carbocycles. The third-order valence-corrected chi connectivity index (χ3v) is 4.92. The molecule has 0 bridgehead atoms. The van der Waals surface area contributed by atoms with Gasteiger partial charge in [-0.25, -0.2) is 9.59 Å². The minimum absolute atomic E-state index is 0.168. The van der Waals surface area contributed by atoms with Crippen molar-refractivity contribution in [2.24, 2.45) is 5.92 Å². The fourth-order valence-corrected chi connectivity index (χ4v) is 3.33. The van der Waals surface area contributed by atoms with Crippen LogP contribution in [0.5, 0.6) is 0 Å². The second kappa shape index (κ2) is 8.39. The lowest BCUT2D eigenvalue weighted by Gasteiger charge is -2.29. The van der Waals surface area contributed by atoms with Crippen molar-refractivity contribution in [1.29, 1.82) is 0 Å². The maximum absolute atomic E-state index is 12.5. The molecule has 7 heteroatoms. The predicted molar refractivity (Wildman–Crippen MR) is 104 cm³/mol. The number of ether oxygens (including phenoxy) is 2. The highest BCUT2D eigenvalue weighted by Crippen LogP contribution is 2.31. The summed E-state index contributed by atoms with van der Waals surface area (Å²) in [4.78, 5) is 28.1. The average molecular weight is 390 g/mol. The van der Waals surface area contributed by atoms with Gasteiger partial charge in [-0.15, -0.1) is 0 Å². The Morgan fingerprint density at radius 1 is 1.18 bits per heavy atom. The molecule has 1 aliphatic carbocycles. The molecular weight excluding hydrogens is 360 g/mol. The normalized spacial score (nSPS) is 22.1. The Labute approximate surface area is 166 Å². The molecule has 1 aromatic rings. The van der Waals surface area contributed by atoms with E-state index in [0.29, 0.717) is 13.1 Å². The number of aliphatic hydroxyl groups excluding tert-OH is 1. The molecule has 0 unspecified atom stereocenters. The first-order valence-corrected chi connectivity index (χ1v) is 9.86. The predicted octanol–water partition coefficient (Wildman–Crippen LogP) is 3.02. The van der Waals surface area contributed by atoms with Crippen LogP contribution in [0, 0.1) is 5.92 Å². The second-order valence-corrected chi connectivity index (χ2v) is 8.64. The molecule has 1 saturated heterocycles. The zero-order valence-corrected chi connectivity index (χ0v) is 16.8. The summed E-state index contributed by atoms with van der Waals surface area (Å²) in [5.74, 6) is -0.211. The number of β-amino-alcohol motifs (C(OH)–C–C–N with tert-alkyl or cyclic N) is 1. The molecule has 1 N–H and O–H groups in total. The molecule has 0 spiro atoms. The molecule has 7 nitrogen and oxygen atoms in total. The van der Waals surface area contributed by atoms with Crippen LogP contribution in [-0.4, -0.2) is 64.5 Å². The van der Waals surface area contributed by atoms with Gasteiger partial charge in [0, 0.05) is 25.0 Å². The largest absolute Gasteiger partial charge is 0.445 e. The third-order valence-electron chi connectivity index (χ3n) is 4.92. The molecule has 2 aliphatic rings. The van der Waals surface area contributed by atoms with Gasteiger partial charge >= 0.3 is 12.2 Å². The van der Waals surface area contributed by atoms with Gasteiger partial charge in [0.1, 0.15) is 12.2 Å². The van der Waals surface area contributed by atoms with E-state index in [1.807, 2.05) is 51.1 Å². The van der Waals surface area contributed by atoms with E-state index in [2.05, 4.69) is 0 Å². The number of aliphatic hydroxyl groups is 1. The number of carbonyl (C=O) groups excluding carboxylic acids is 2. The van der Waals surface area contributed by atoms with Crippen LogP contribution in [-0.2, 0) is 16.1 Å². The first-order chi connectivity index (χ1) is 13.2. The molecule has 2 fully saturated rings. The van der Waals surface area contributed by atoms with Crippen LogP contribution in [0.4, 0.5) is 9.59 Å². The van der Waals surface area contributed by atoms with Gasteiger partial charge in [-0.1, -0.05) is 30.3 Å². The lowest BCUT2D eigenvalue weighted by atomic mass is 10.1. The second-order valence-electron chi connectivity index (χ2n) is 8.64. The van der Waals surface area contributed by atoms with Crippen molar-refractivity contribution in [3.05, 3.63) is 35.9 Å². The van der Waals surface area contributed by atoms with Crippen molar-refractivity contribution < 1.29 is 24.2 Å². The molecule has 0 aromatic heterocycles. The van der Waals surface area contributed by atoms with Gasteiger partial charge in [-0.3, -0.25) is 0 Å². The summed E-state index contributed by atoms with van der Waals surface area (Å²) in [7, 11) is 0. The summed E-state index contributed by atoms with van der Waals surface area (Å²) >= 11 is 0. The number of carbonyl (C=O) groups is 2. The number of likely N-dealkylation sites (tertiary alicyclic amines) is 1. The SMILES string of the molecule is CC(C)(C)OC(=O)N(C[C@H]1CN(C(=O)OCc2ccccc2)C[C@H]1O)C1CC1. The Hall–Kier alpha value is -2.28. The Balaban J connectivity index is 1.53. The van der Waals surface area contributed by atoms with Crippen LogP contribution < -0.4 is 0 Å². The van der Waals surface area contributed by atoms with E-state index in [9.17, 15) is 14.7 Å². The van der Waals surface area contributed by atoms with Gasteiger partial charge in [0.05, 0.1) is 12.6 Å². The molecule has 2 atom stereocenters. The third kappa shape index (κ3) is 5.61. The fourth-order valence-electron chi connectivity index (χ4n) is 3.33. The molecule has 1 heterocycles. The number of nitrogens with zero attached hydrogens (tertiary/aromatic N) is 2. The van der Waals surface area contributed by atoms with Crippen LogP contribution in [0.25, 0.3) is 0 Å². The molecule has 1 aliphatic heterocycles. The van der Waals surface area contributed by atoms with Crippen LogP contribution in [0.1, 0.15) is 39.2 Å². The smallest absolute Gasteiger partial charge is 0.410 e. The number of hydrogen-bond donors (Lipinski definition) is 1. The highest BCUT2D eigenvalue weighted by atomic mass is 16.6. The Bertz CT molecular complexity index is 684. The van der Waals surface area contributed by atoms with Crippen LogP contribution in [0.2, 0.25) is 0 Å². The first kappa shape index (κ1) is 20.5. The van der Waals surface area contributed by atoms with E-state index in [1.165, 1.54) is 4.90 Å². The molecule has 2 amide bonds. The molecule has 1 aromatic carbocycles. The van der Waals surface area contributed by atoms with E-state index in [-0.39, 0.29) is 31.2 Å². The monoisotopic (exact) mass is 390 g/mol. The summed E-state index contributed by atoms with van der Waals surface area (Å²) in [5.41, 5.74) is 0.350. The number of benzene rings is 1. The molecule has 0 radical (unpaired) electrons. The minimum Gasteiger partial charge on any atom is -0.445 e. The summed E-state index contributed by atoms with van der Waals surface area (Å²) in [5, 5.41) is 10.4. The highest BCUT2D eigenvalue weighted by molar-refractivity contribution is 5.69. The summed E-state index contributed by atoms with van der Waals surface area (Å²) < 4.78 is 10.9. The highest BCUT2D eigenvalue weighted by Gasteiger charge is 2.41. The van der Waals surface area contributed by atoms with E-state index in [0.717, 1.165) is 18.4 Å². The van der Waals surface area contributed by atoms with Crippen molar-refractivity contribution in [2.75, 3.05) is 19.6 Å². The Morgan fingerprint density at radius 3 is 2.46 bits per heavy atom. The van der Waals surface area contributed by atoms with Gasteiger partial charge in [-0.2, -0.15) is 0 Å². The van der Waals surface area contributed by atoms with Crippen molar-refractivity contribution in [3.63, 3.8) is 0 Å². The van der Waals surface area contributed by atoms with Gasteiger partial charge < -0.3 is 24.4 Å². The fraction of sp³-hybridized carbons (Fsp3) is 0.619. The average Bonchev–Trinajstić information content (AvgIpc) is 3.40. The van der Waals surface area contributed by atoms with Crippen molar-refractivity contribution in [1.82, 2.24) is 9.80 Å². The molecule has 28 heavy (non-hydrogen) atoms.